The van der Waals surface area contributed by atoms with Crippen molar-refractivity contribution in [3.05, 3.63) is 29.3 Å². The molecule has 0 atom stereocenters. The largest absolute Gasteiger partial charge is 0.490 e. The van der Waals surface area contributed by atoms with E-state index in [0.717, 1.165) is 44.3 Å². The van der Waals surface area contributed by atoms with Crippen LogP contribution in [0, 0.1) is 11.3 Å². The van der Waals surface area contributed by atoms with E-state index >= 15 is 0 Å². The summed E-state index contributed by atoms with van der Waals surface area (Å²) in [6.07, 6.45) is 5.64. The molecule has 0 aliphatic carbocycles. The number of nitriles is 1. The van der Waals surface area contributed by atoms with Crippen molar-refractivity contribution in [1.29, 1.82) is 5.26 Å². The molecule has 0 aromatic heterocycles. The van der Waals surface area contributed by atoms with Crippen molar-refractivity contribution in [1.82, 2.24) is 4.90 Å². The minimum absolute atomic E-state index is 0.168. The fourth-order valence-electron chi connectivity index (χ4n) is 2.85. The number of ether oxygens (including phenoxy) is 2. The zero-order valence-electron chi connectivity index (χ0n) is 13.1. The summed E-state index contributed by atoms with van der Waals surface area (Å²) in [6, 6.07) is 7.53. The summed E-state index contributed by atoms with van der Waals surface area (Å²) in [5.41, 5.74) is 0.942. The number of hydrogen-bond acceptors (Lipinski definition) is 4. The molecule has 1 amide bonds. The topological polar surface area (TPSA) is 62.6 Å². The Morgan fingerprint density at radius 3 is 2.57 bits per heavy atom. The van der Waals surface area contributed by atoms with Gasteiger partial charge < -0.3 is 14.4 Å². The number of fused-ring (bicyclic) bond motifs is 1. The molecule has 0 saturated carbocycles. The molecule has 0 radical (unpaired) electrons. The Bertz CT molecular complexity index is 655. The molecule has 0 unspecified atom stereocenters. The highest BCUT2D eigenvalue weighted by atomic mass is 16.5. The standard InChI is InChI=1S/C18H20N2O3/c19-13-15(18(21)20-7-2-1-3-8-20)11-14-5-6-16-17(12-14)23-10-4-9-22-16/h5-6,11-12H,1-4,7-10H2/b15-11+. The Labute approximate surface area is 136 Å². The van der Waals surface area contributed by atoms with Gasteiger partial charge in [0.15, 0.2) is 11.5 Å². The number of piperidine rings is 1. The normalized spacial score (nSPS) is 18.0. The van der Waals surface area contributed by atoms with Gasteiger partial charge in [-0.25, -0.2) is 0 Å². The quantitative estimate of drug-likeness (QED) is 0.622. The maximum atomic E-state index is 12.5. The van der Waals surface area contributed by atoms with E-state index in [9.17, 15) is 10.1 Å². The number of nitrogens with zero attached hydrogens (tertiary/aromatic N) is 2. The second kappa shape index (κ2) is 7.19. The number of hydrogen-bond donors (Lipinski definition) is 0. The Morgan fingerprint density at radius 1 is 1.09 bits per heavy atom. The van der Waals surface area contributed by atoms with Crippen molar-refractivity contribution < 1.29 is 14.3 Å². The lowest BCUT2D eigenvalue weighted by Gasteiger charge is -2.26. The second-order valence-electron chi connectivity index (χ2n) is 5.78. The van der Waals surface area contributed by atoms with Crippen LogP contribution in [-0.2, 0) is 4.79 Å². The van der Waals surface area contributed by atoms with Crippen LogP contribution in [0.3, 0.4) is 0 Å². The molecule has 1 aromatic carbocycles. The van der Waals surface area contributed by atoms with Gasteiger partial charge in [0, 0.05) is 19.5 Å². The summed E-state index contributed by atoms with van der Waals surface area (Å²) in [5, 5.41) is 9.35. The second-order valence-corrected chi connectivity index (χ2v) is 5.78. The summed E-state index contributed by atoms with van der Waals surface area (Å²) in [4.78, 5) is 14.2. The zero-order chi connectivity index (χ0) is 16.1. The van der Waals surface area contributed by atoms with Crippen LogP contribution in [0.1, 0.15) is 31.2 Å². The molecule has 0 spiro atoms. The Morgan fingerprint density at radius 2 is 1.83 bits per heavy atom. The zero-order valence-corrected chi connectivity index (χ0v) is 13.1. The van der Waals surface area contributed by atoms with Gasteiger partial charge in [-0.15, -0.1) is 0 Å². The molecule has 5 nitrogen and oxygen atoms in total. The third-order valence-electron chi connectivity index (χ3n) is 4.08. The number of carbonyl (C=O) groups is 1. The molecule has 1 saturated heterocycles. The van der Waals surface area contributed by atoms with Gasteiger partial charge in [0.1, 0.15) is 11.6 Å². The average molecular weight is 312 g/mol. The van der Waals surface area contributed by atoms with E-state index in [2.05, 4.69) is 0 Å². The van der Waals surface area contributed by atoms with Gasteiger partial charge >= 0.3 is 0 Å². The SMILES string of the molecule is N#C/C(=C\c1ccc2c(c1)OCCCO2)C(=O)N1CCCCC1. The third-order valence-corrected chi connectivity index (χ3v) is 4.08. The van der Waals surface area contributed by atoms with Crippen LogP contribution in [0.25, 0.3) is 6.08 Å². The van der Waals surface area contributed by atoms with Gasteiger partial charge in [-0.05, 0) is 43.0 Å². The fourth-order valence-corrected chi connectivity index (χ4v) is 2.85. The fraction of sp³-hybridized carbons (Fsp3) is 0.444. The molecule has 5 heteroatoms. The first-order chi connectivity index (χ1) is 11.3. The van der Waals surface area contributed by atoms with E-state index in [1.54, 1.807) is 11.0 Å². The van der Waals surface area contributed by atoms with Gasteiger partial charge in [0.25, 0.3) is 5.91 Å². The van der Waals surface area contributed by atoms with E-state index in [4.69, 9.17) is 9.47 Å². The smallest absolute Gasteiger partial charge is 0.264 e. The van der Waals surface area contributed by atoms with Gasteiger partial charge in [-0.3, -0.25) is 4.79 Å². The monoisotopic (exact) mass is 312 g/mol. The number of benzene rings is 1. The molecular weight excluding hydrogens is 292 g/mol. The molecule has 0 bridgehead atoms. The lowest BCUT2D eigenvalue weighted by molar-refractivity contribution is -0.127. The van der Waals surface area contributed by atoms with E-state index in [-0.39, 0.29) is 11.5 Å². The summed E-state index contributed by atoms with van der Waals surface area (Å²) >= 11 is 0. The third kappa shape index (κ3) is 3.65. The minimum Gasteiger partial charge on any atom is -0.490 e. The molecule has 3 rings (SSSR count). The van der Waals surface area contributed by atoms with Gasteiger partial charge in [-0.1, -0.05) is 6.07 Å². The highest BCUT2D eigenvalue weighted by Gasteiger charge is 2.20. The van der Waals surface area contributed by atoms with E-state index in [0.29, 0.717) is 24.7 Å². The first kappa shape index (κ1) is 15.4. The molecule has 2 aliphatic heterocycles. The molecule has 120 valence electrons. The van der Waals surface area contributed by atoms with E-state index in [1.807, 2.05) is 24.3 Å². The Balaban J connectivity index is 1.82. The minimum atomic E-state index is -0.181. The van der Waals surface area contributed by atoms with Crippen molar-refractivity contribution >= 4 is 12.0 Å². The number of rotatable bonds is 2. The van der Waals surface area contributed by atoms with Crippen molar-refractivity contribution in [2.75, 3.05) is 26.3 Å². The maximum Gasteiger partial charge on any atom is 0.264 e. The maximum absolute atomic E-state index is 12.5. The molecule has 0 N–H and O–H groups in total. The molecule has 23 heavy (non-hydrogen) atoms. The first-order valence-electron chi connectivity index (χ1n) is 8.08. The Hall–Kier alpha value is -2.48. The number of likely N-dealkylation sites (tertiary alicyclic amines) is 1. The Kier molecular flexibility index (Phi) is 4.82. The first-order valence-corrected chi connectivity index (χ1v) is 8.08. The predicted molar refractivity (Wildman–Crippen MR) is 86.1 cm³/mol. The van der Waals surface area contributed by atoms with Crippen LogP contribution in [0.2, 0.25) is 0 Å². The van der Waals surface area contributed by atoms with Crippen molar-refractivity contribution in [2.45, 2.75) is 25.7 Å². The summed E-state index contributed by atoms with van der Waals surface area (Å²) < 4.78 is 11.2. The average Bonchev–Trinajstić information content (AvgIpc) is 2.84. The van der Waals surface area contributed by atoms with Crippen molar-refractivity contribution in [3.8, 4) is 17.6 Å². The summed E-state index contributed by atoms with van der Waals surface area (Å²) in [7, 11) is 0. The van der Waals surface area contributed by atoms with Crippen LogP contribution < -0.4 is 9.47 Å². The van der Waals surface area contributed by atoms with Gasteiger partial charge in [-0.2, -0.15) is 5.26 Å². The molecule has 1 aromatic rings. The number of carbonyl (C=O) groups excluding carboxylic acids is 1. The number of amides is 1. The van der Waals surface area contributed by atoms with Crippen LogP contribution in [0.5, 0.6) is 11.5 Å². The molecule has 2 heterocycles. The van der Waals surface area contributed by atoms with Gasteiger partial charge in [0.2, 0.25) is 0 Å². The highest BCUT2D eigenvalue weighted by molar-refractivity contribution is 6.01. The van der Waals surface area contributed by atoms with E-state index in [1.165, 1.54) is 0 Å². The predicted octanol–water partition coefficient (Wildman–Crippen LogP) is 2.77. The highest BCUT2D eigenvalue weighted by Crippen LogP contribution is 2.31. The summed E-state index contributed by atoms with van der Waals surface area (Å²) in [6.45, 7) is 2.72. The van der Waals surface area contributed by atoms with Crippen molar-refractivity contribution in [2.24, 2.45) is 0 Å². The lowest BCUT2D eigenvalue weighted by Crippen LogP contribution is -2.36. The van der Waals surface area contributed by atoms with E-state index < -0.39 is 0 Å². The van der Waals surface area contributed by atoms with Crippen LogP contribution in [0.15, 0.2) is 23.8 Å². The van der Waals surface area contributed by atoms with Crippen LogP contribution in [0.4, 0.5) is 0 Å². The molecular formula is C18H20N2O3. The lowest BCUT2D eigenvalue weighted by atomic mass is 10.1. The molecule has 1 fully saturated rings. The molecule has 2 aliphatic rings. The van der Waals surface area contributed by atoms with Crippen LogP contribution >= 0.6 is 0 Å². The summed E-state index contributed by atoms with van der Waals surface area (Å²) in [5.74, 6) is 1.19. The van der Waals surface area contributed by atoms with Crippen molar-refractivity contribution in [3.63, 3.8) is 0 Å². The van der Waals surface area contributed by atoms with Crippen LogP contribution in [-0.4, -0.2) is 37.1 Å². The van der Waals surface area contributed by atoms with Gasteiger partial charge in [0.05, 0.1) is 13.2 Å².